The van der Waals surface area contributed by atoms with Gasteiger partial charge in [-0.2, -0.15) is 0 Å². The molecule has 0 radical (unpaired) electrons. The Morgan fingerprint density at radius 2 is 2.14 bits per heavy atom. The number of hydrogen-bond donors (Lipinski definition) is 3. The van der Waals surface area contributed by atoms with Crippen LogP contribution in [0.2, 0.25) is 0 Å². The van der Waals surface area contributed by atoms with Gasteiger partial charge < -0.3 is 20.6 Å². The Bertz CT molecular complexity index is 449. The number of aromatic nitrogens is 1. The third kappa shape index (κ3) is 5.99. The van der Waals surface area contributed by atoms with E-state index in [9.17, 15) is 9.90 Å². The molecule has 6 nitrogen and oxygen atoms in total. The second-order valence-electron chi connectivity index (χ2n) is 5.72. The van der Waals surface area contributed by atoms with Crippen molar-refractivity contribution in [1.29, 1.82) is 0 Å². The first-order valence-electron chi connectivity index (χ1n) is 7.20. The van der Waals surface area contributed by atoms with Crippen LogP contribution in [0.1, 0.15) is 25.8 Å². The minimum Gasteiger partial charge on any atom is -0.394 e. The van der Waals surface area contributed by atoms with E-state index in [-0.39, 0.29) is 18.7 Å². The summed E-state index contributed by atoms with van der Waals surface area (Å²) in [5, 5.41) is 14.9. The Morgan fingerprint density at radius 1 is 1.43 bits per heavy atom. The van der Waals surface area contributed by atoms with Gasteiger partial charge in [-0.25, -0.2) is 9.78 Å². The molecule has 1 atom stereocenters. The average Bonchev–Trinajstić information content (AvgIpc) is 2.44. The highest BCUT2D eigenvalue weighted by Gasteiger charge is 2.13. The molecule has 0 saturated carbocycles. The monoisotopic (exact) mass is 294 g/mol. The molecule has 1 aromatic rings. The zero-order valence-corrected chi connectivity index (χ0v) is 13.3. The molecule has 1 unspecified atom stereocenters. The molecule has 21 heavy (non-hydrogen) atoms. The summed E-state index contributed by atoms with van der Waals surface area (Å²) in [6, 6.07) is 3.28. The molecule has 1 aromatic heterocycles. The number of rotatable bonds is 7. The number of aliphatic hydroxyl groups excluding tert-OH is 1. The summed E-state index contributed by atoms with van der Waals surface area (Å²) in [4.78, 5) is 18.1. The van der Waals surface area contributed by atoms with Gasteiger partial charge in [0, 0.05) is 32.4 Å². The number of aliphatic hydroxyl groups is 1. The minimum atomic E-state index is -0.275. The van der Waals surface area contributed by atoms with Gasteiger partial charge in [0.2, 0.25) is 0 Å². The fourth-order valence-electron chi connectivity index (χ4n) is 2.13. The summed E-state index contributed by atoms with van der Waals surface area (Å²) in [6.07, 6.45) is 2.48. The molecule has 0 fully saturated rings. The topological polar surface area (TPSA) is 77.5 Å². The van der Waals surface area contributed by atoms with Gasteiger partial charge in [-0.1, -0.05) is 19.9 Å². The van der Waals surface area contributed by atoms with Crippen molar-refractivity contribution in [3.8, 4) is 0 Å². The molecule has 2 amide bonds. The van der Waals surface area contributed by atoms with E-state index >= 15 is 0 Å². The molecule has 1 heterocycles. The van der Waals surface area contributed by atoms with Gasteiger partial charge in [0.05, 0.1) is 12.6 Å². The van der Waals surface area contributed by atoms with Crippen molar-refractivity contribution < 1.29 is 9.90 Å². The highest BCUT2D eigenvalue weighted by Crippen LogP contribution is 2.13. The minimum absolute atomic E-state index is 0.0541. The first kappa shape index (κ1) is 17.2. The molecule has 6 heteroatoms. The molecule has 0 bridgehead atoms. The summed E-state index contributed by atoms with van der Waals surface area (Å²) in [5.74, 6) is 1.25. The van der Waals surface area contributed by atoms with E-state index in [1.165, 1.54) is 0 Å². The Labute approximate surface area is 126 Å². The molecule has 0 saturated heterocycles. The van der Waals surface area contributed by atoms with Crippen molar-refractivity contribution >= 4 is 11.8 Å². The van der Waals surface area contributed by atoms with Crippen LogP contribution >= 0.6 is 0 Å². The maximum Gasteiger partial charge on any atom is 0.315 e. The maximum atomic E-state index is 11.9. The van der Waals surface area contributed by atoms with E-state index in [0.29, 0.717) is 12.5 Å². The maximum absolute atomic E-state index is 11.9. The van der Waals surface area contributed by atoms with Gasteiger partial charge in [-0.05, 0) is 18.4 Å². The Balaban J connectivity index is 2.53. The normalized spacial score (nSPS) is 12.1. The molecular formula is C15H26N4O2. The van der Waals surface area contributed by atoms with Crippen LogP contribution in [0.5, 0.6) is 0 Å². The van der Waals surface area contributed by atoms with E-state index in [1.54, 1.807) is 6.20 Å². The van der Waals surface area contributed by atoms with E-state index in [4.69, 9.17) is 0 Å². The lowest BCUT2D eigenvalue weighted by Crippen LogP contribution is -2.44. The predicted octanol–water partition coefficient (Wildman–Crippen LogP) is 1.35. The molecule has 3 N–H and O–H groups in total. The molecule has 0 aliphatic carbocycles. The number of anilines is 1. The van der Waals surface area contributed by atoms with Gasteiger partial charge in [0.15, 0.2) is 0 Å². The summed E-state index contributed by atoms with van der Waals surface area (Å²) in [7, 11) is 3.83. The van der Waals surface area contributed by atoms with Crippen LogP contribution in [0.15, 0.2) is 18.3 Å². The van der Waals surface area contributed by atoms with Gasteiger partial charge in [-0.3, -0.25) is 0 Å². The third-order valence-electron chi connectivity index (χ3n) is 3.04. The molecule has 0 aliphatic heterocycles. The summed E-state index contributed by atoms with van der Waals surface area (Å²) in [6.45, 7) is 4.46. The summed E-state index contributed by atoms with van der Waals surface area (Å²) < 4.78 is 0. The van der Waals surface area contributed by atoms with Crippen molar-refractivity contribution in [2.45, 2.75) is 32.9 Å². The van der Waals surface area contributed by atoms with E-state index in [1.807, 2.05) is 31.1 Å². The smallest absolute Gasteiger partial charge is 0.315 e. The van der Waals surface area contributed by atoms with E-state index in [2.05, 4.69) is 29.5 Å². The predicted molar refractivity (Wildman–Crippen MR) is 84.3 cm³/mol. The lowest BCUT2D eigenvalue weighted by molar-refractivity contribution is 0.206. The first-order valence-corrected chi connectivity index (χ1v) is 7.20. The molecule has 1 rings (SSSR count). The zero-order valence-electron chi connectivity index (χ0n) is 13.3. The number of nitrogens with one attached hydrogen (secondary N) is 2. The Hall–Kier alpha value is -1.82. The number of carbonyl (C=O) groups is 1. The number of amides is 2. The highest BCUT2D eigenvalue weighted by atomic mass is 16.3. The van der Waals surface area contributed by atoms with Crippen LogP contribution in [0.25, 0.3) is 0 Å². The van der Waals surface area contributed by atoms with E-state index in [0.717, 1.165) is 17.8 Å². The van der Waals surface area contributed by atoms with Crippen molar-refractivity contribution in [3.05, 3.63) is 23.9 Å². The standard InChI is InChI=1S/C15H26N4O2/c1-11(2)8-13(10-20)18-15(21)17-9-12-6-5-7-16-14(12)19(3)4/h5-7,11,13,20H,8-10H2,1-4H3,(H2,17,18,21). The number of pyridine rings is 1. The second-order valence-corrected chi connectivity index (χ2v) is 5.72. The van der Waals surface area contributed by atoms with Crippen LogP contribution < -0.4 is 15.5 Å². The van der Waals surface area contributed by atoms with E-state index < -0.39 is 0 Å². The molecular weight excluding hydrogens is 268 g/mol. The summed E-state index contributed by atoms with van der Waals surface area (Å²) in [5.41, 5.74) is 0.946. The number of hydrogen-bond acceptors (Lipinski definition) is 4. The SMILES string of the molecule is CC(C)CC(CO)NC(=O)NCc1cccnc1N(C)C. The fraction of sp³-hybridized carbons (Fsp3) is 0.600. The van der Waals surface area contributed by atoms with Crippen LogP contribution in [-0.2, 0) is 6.54 Å². The van der Waals surface area contributed by atoms with Gasteiger partial charge in [0.1, 0.15) is 5.82 Å². The van der Waals surface area contributed by atoms with Crippen molar-refractivity contribution in [1.82, 2.24) is 15.6 Å². The van der Waals surface area contributed by atoms with Gasteiger partial charge >= 0.3 is 6.03 Å². The number of carbonyl (C=O) groups excluding carboxylic acids is 1. The quantitative estimate of drug-likeness (QED) is 0.709. The second kappa shape index (κ2) is 8.46. The molecule has 0 spiro atoms. The van der Waals surface area contributed by atoms with Crippen molar-refractivity contribution in [3.63, 3.8) is 0 Å². The largest absolute Gasteiger partial charge is 0.394 e. The number of nitrogens with zero attached hydrogens (tertiary/aromatic N) is 2. The molecule has 0 aromatic carbocycles. The van der Waals surface area contributed by atoms with Crippen LogP contribution in [0, 0.1) is 5.92 Å². The fourth-order valence-corrected chi connectivity index (χ4v) is 2.13. The van der Waals surface area contributed by atoms with Crippen LogP contribution in [0.3, 0.4) is 0 Å². The summed E-state index contributed by atoms with van der Waals surface area (Å²) >= 11 is 0. The third-order valence-corrected chi connectivity index (χ3v) is 3.04. The molecule has 118 valence electrons. The van der Waals surface area contributed by atoms with Crippen molar-refractivity contribution in [2.24, 2.45) is 5.92 Å². The Kier molecular flexibility index (Phi) is 6.94. The lowest BCUT2D eigenvalue weighted by atomic mass is 10.0. The molecule has 0 aliphatic rings. The van der Waals surface area contributed by atoms with Gasteiger partial charge in [0.25, 0.3) is 0 Å². The van der Waals surface area contributed by atoms with Crippen LogP contribution in [0.4, 0.5) is 10.6 Å². The average molecular weight is 294 g/mol. The Morgan fingerprint density at radius 3 is 2.71 bits per heavy atom. The zero-order chi connectivity index (χ0) is 15.8. The van der Waals surface area contributed by atoms with Crippen molar-refractivity contribution in [2.75, 3.05) is 25.6 Å². The number of urea groups is 1. The first-order chi connectivity index (χ1) is 9.93. The van der Waals surface area contributed by atoms with Crippen LogP contribution in [-0.4, -0.2) is 42.9 Å². The lowest BCUT2D eigenvalue weighted by Gasteiger charge is -2.19. The van der Waals surface area contributed by atoms with Gasteiger partial charge in [-0.15, -0.1) is 0 Å². The highest BCUT2D eigenvalue weighted by molar-refractivity contribution is 5.74.